The van der Waals surface area contributed by atoms with Crippen LogP contribution in [0, 0.1) is 11.8 Å². The molecule has 0 radical (unpaired) electrons. The number of nitrogens with one attached hydrogen (secondary N) is 3. The van der Waals surface area contributed by atoms with Gasteiger partial charge in [0, 0.05) is 23.0 Å². The standard InChI is InChI=1S/C16H19ClN4O2/c1-2-18-15(22)20-14-9-5-16(23,6-10(9)14)12-3-8(17)4-13-11(12)7-19-21-13/h3-4,7,9-10,14,23H,2,5-6H2,1H3,(H,19,21)(H2,18,20,22)/t9-,10+,14-,16+. The lowest BCUT2D eigenvalue weighted by atomic mass is 9.86. The zero-order chi connectivity index (χ0) is 16.2. The molecule has 0 unspecified atom stereocenters. The van der Waals surface area contributed by atoms with Gasteiger partial charge in [-0.3, -0.25) is 5.10 Å². The van der Waals surface area contributed by atoms with Crippen LogP contribution in [-0.4, -0.2) is 33.9 Å². The number of H-pyrrole nitrogens is 1. The molecule has 122 valence electrons. The van der Waals surface area contributed by atoms with Crippen molar-refractivity contribution in [2.75, 3.05) is 6.54 Å². The van der Waals surface area contributed by atoms with E-state index in [-0.39, 0.29) is 12.1 Å². The molecule has 2 fully saturated rings. The lowest BCUT2D eigenvalue weighted by molar-refractivity contribution is 0.0299. The van der Waals surface area contributed by atoms with Crippen LogP contribution in [0.25, 0.3) is 10.9 Å². The quantitative estimate of drug-likeness (QED) is 0.693. The lowest BCUT2D eigenvalue weighted by Crippen LogP contribution is -2.39. The van der Waals surface area contributed by atoms with E-state index in [0.29, 0.717) is 36.2 Å². The predicted octanol–water partition coefficient (Wildman–Crippen LogP) is 2.13. The smallest absolute Gasteiger partial charge is 0.315 e. The topological polar surface area (TPSA) is 90.0 Å². The van der Waals surface area contributed by atoms with Gasteiger partial charge in [0.05, 0.1) is 17.3 Å². The van der Waals surface area contributed by atoms with Crippen molar-refractivity contribution in [1.29, 1.82) is 0 Å². The molecule has 2 aliphatic rings. The number of carbonyl (C=O) groups excluding carboxylic acids is 1. The molecule has 0 bridgehead atoms. The Kier molecular flexibility index (Phi) is 3.28. The number of urea groups is 1. The van der Waals surface area contributed by atoms with Gasteiger partial charge < -0.3 is 15.7 Å². The van der Waals surface area contributed by atoms with E-state index in [1.807, 2.05) is 19.1 Å². The largest absolute Gasteiger partial charge is 0.385 e. The number of fused-ring (bicyclic) bond motifs is 2. The zero-order valence-electron chi connectivity index (χ0n) is 12.8. The van der Waals surface area contributed by atoms with E-state index < -0.39 is 5.60 Å². The minimum atomic E-state index is -0.901. The fourth-order valence-corrected chi connectivity index (χ4v) is 4.28. The van der Waals surface area contributed by atoms with Crippen molar-refractivity contribution < 1.29 is 9.90 Å². The molecule has 2 aromatic rings. The molecular weight excluding hydrogens is 316 g/mol. The van der Waals surface area contributed by atoms with Crippen molar-refractivity contribution in [2.45, 2.75) is 31.4 Å². The van der Waals surface area contributed by atoms with Crippen LogP contribution >= 0.6 is 11.6 Å². The van der Waals surface area contributed by atoms with Crippen LogP contribution in [0.2, 0.25) is 5.02 Å². The summed E-state index contributed by atoms with van der Waals surface area (Å²) in [6.45, 7) is 2.50. The maximum absolute atomic E-state index is 11.6. The Labute approximate surface area is 138 Å². The molecule has 6 nitrogen and oxygen atoms in total. The van der Waals surface area contributed by atoms with Crippen molar-refractivity contribution in [3.05, 3.63) is 28.9 Å². The van der Waals surface area contributed by atoms with Crippen molar-refractivity contribution in [3.8, 4) is 0 Å². The maximum Gasteiger partial charge on any atom is 0.315 e. The predicted molar refractivity (Wildman–Crippen MR) is 87.2 cm³/mol. The van der Waals surface area contributed by atoms with Crippen molar-refractivity contribution in [2.24, 2.45) is 11.8 Å². The van der Waals surface area contributed by atoms with E-state index in [1.54, 1.807) is 6.20 Å². The van der Waals surface area contributed by atoms with E-state index in [4.69, 9.17) is 11.6 Å². The molecule has 4 atom stereocenters. The third kappa shape index (κ3) is 2.37. The summed E-state index contributed by atoms with van der Waals surface area (Å²) in [6.07, 6.45) is 3.00. The van der Waals surface area contributed by atoms with Crippen molar-refractivity contribution >= 4 is 28.5 Å². The molecule has 0 spiro atoms. The number of carbonyl (C=O) groups is 1. The van der Waals surface area contributed by atoms with Gasteiger partial charge in [-0.25, -0.2) is 4.79 Å². The third-order valence-corrected chi connectivity index (χ3v) is 5.36. The van der Waals surface area contributed by atoms with Crippen LogP contribution < -0.4 is 10.6 Å². The first-order valence-electron chi connectivity index (χ1n) is 7.91. The van der Waals surface area contributed by atoms with E-state index >= 15 is 0 Å². The second-order valence-corrected chi connectivity index (χ2v) is 7.02. The van der Waals surface area contributed by atoms with Crippen LogP contribution in [0.4, 0.5) is 4.79 Å². The number of benzene rings is 1. The number of aromatic amines is 1. The van der Waals surface area contributed by atoms with Gasteiger partial charge in [-0.15, -0.1) is 0 Å². The zero-order valence-corrected chi connectivity index (χ0v) is 13.5. The Morgan fingerprint density at radius 2 is 2.22 bits per heavy atom. The molecule has 4 N–H and O–H groups in total. The highest BCUT2D eigenvalue weighted by Crippen LogP contribution is 2.60. The van der Waals surface area contributed by atoms with Gasteiger partial charge in [-0.1, -0.05) is 11.6 Å². The van der Waals surface area contributed by atoms with Gasteiger partial charge in [-0.05, 0) is 49.3 Å². The highest BCUT2D eigenvalue weighted by molar-refractivity contribution is 6.31. The Hall–Kier alpha value is -1.79. The Bertz CT molecular complexity index is 763. The fraction of sp³-hybridized carbons (Fsp3) is 0.500. The summed E-state index contributed by atoms with van der Waals surface area (Å²) in [5.41, 5.74) is 0.762. The minimum absolute atomic E-state index is 0.129. The monoisotopic (exact) mass is 334 g/mol. The summed E-state index contributed by atoms with van der Waals surface area (Å²) in [5.74, 6) is 0.645. The number of amides is 2. The van der Waals surface area contributed by atoms with Crippen LogP contribution in [-0.2, 0) is 5.60 Å². The van der Waals surface area contributed by atoms with Gasteiger partial charge in [-0.2, -0.15) is 5.10 Å². The first-order valence-corrected chi connectivity index (χ1v) is 8.29. The molecule has 1 aromatic heterocycles. The molecule has 1 heterocycles. The van der Waals surface area contributed by atoms with E-state index in [1.165, 1.54) is 0 Å². The summed E-state index contributed by atoms with van der Waals surface area (Å²) < 4.78 is 0. The Morgan fingerprint density at radius 1 is 1.48 bits per heavy atom. The Balaban J connectivity index is 1.54. The molecule has 0 saturated heterocycles. The number of rotatable bonds is 3. The average molecular weight is 335 g/mol. The summed E-state index contributed by atoms with van der Waals surface area (Å²) in [6, 6.07) is 3.68. The van der Waals surface area contributed by atoms with Gasteiger partial charge in [0.2, 0.25) is 0 Å². The van der Waals surface area contributed by atoms with Gasteiger partial charge in [0.25, 0.3) is 0 Å². The number of nitrogens with zero attached hydrogens (tertiary/aromatic N) is 1. The number of halogens is 1. The van der Waals surface area contributed by atoms with Crippen LogP contribution in [0.5, 0.6) is 0 Å². The van der Waals surface area contributed by atoms with E-state index in [0.717, 1.165) is 16.5 Å². The number of hydrogen-bond donors (Lipinski definition) is 4. The summed E-state index contributed by atoms with van der Waals surface area (Å²) in [5, 5.41) is 25.3. The second kappa shape index (κ2) is 5.11. The molecule has 0 aliphatic heterocycles. The first-order chi connectivity index (χ1) is 11.0. The van der Waals surface area contributed by atoms with E-state index in [2.05, 4.69) is 20.8 Å². The summed E-state index contributed by atoms with van der Waals surface area (Å²) in [4.78, 5) is 11.6. The molecule has 23 heavy (non-hydrogen) atoms. The SMILES string of the molecule is CCNC(=O)N[C@@H]1[C@@H]2C[C@@](O)(c3cc(Cl)cc4[nH]ncc34)C[C@@H]21. The van der Waals surface area contributed by atoms with Crippen molar-refractivity contribution in [3.63, 3.8) is 0 Å². The third-order valence-electron chi connectivity index (χ3n) is 5.14. The van der Waals surface area contributed by atoms with Gasteiger partial charge in [0.15, 0.2) is 0 Å². The number of aliphatic hydroxyl groups is 1. The molecule has 7 heteroatoms. The van der Waals surface area contributed by atoms with Gasteiger partial charge in [0.1, 0.15) is 0 Å². The summed E-state index contributed by atoms with van der Waals surface area (Å²) in [7, 11) is 0. The van der Waals surface area contributed by atoms with Gasteiger partial charge >= 0.3 is 6.03 Å². The maximum atomic E-state index is 11.6. The lowest BCUT2D eigenvalue weighted by Gasteiger charge is -2.27. The molecule has 1 aromatic carbocycles. The second-order valence-electron chi connectivity index (χ2n) is 6.58. The van der Waals surface area contributed by atoms with Crippen LogP contribution in [0.15, 0.2) is 18.3 Å². The highest BCUT2D eigenvalue weighted by atomic mass is 35.5. The normalized spacial score (nSPS) is 31.9. The number of aromatic nitrogens is 2. The minimum Gasteiger partial charge on any atom is -0.385 e. The van der Waals surface area contributed by atoms with Crippen LogP contribution in [0.1, 0.15) is 25.3 Å². The molecule has 2 amide bonds. The molecule has 2 aliphatic carbocycles. The van der Waals surface area contributed by atoms with Crippen molar-refractivity contribution in [1.82, 2.24) is 20.8 Å². The first kappa shape index (κ1) is 14.8. The molecule has 4 rings (SSSR count). The fourth-order valence-electron chi connectivity index (χ4n) is 4.06. The Morgan fingerprint density at radius 3 is 2.91 bits per heavy atom. The van der Waals surface area contributed by atoms with E-state index in [9.17, 15) is 9.90 Å². The number of hydrogen-bond acceptors (Lipinski definition) is 3. The van der Waals surface area contributed by atoms with Crippen LogP contribution in [0.3, 0.4) is 0 Å². The molecule has 2 saturated carbocycles. The molecular formula is C16H19ClN4O2. The summed E-state index contributed by atoms with van der Waals surface area (Å²) >= 11 is 6.18. The average Bonchev–Trinajstić information content (AvgIpc) is 2.90. The highest BCUT2D eigenvalue weighted by Gasteiger charge is 2.62.